The van der Waals surface area contributed by atoms with Crippen LogP contribution in [0.15, 0.2) is 65.9 Å². The average molecular weight is 488 g/mol. The number of amidine groups is 1. The van der Waals surface area contributed by atoms with E-state index in [1.54, 1.807) is 18.0 Å². The number of fused-ring (bicyclic) bond motifs is 1. The molecule has 34 heavy (non-hydrogen) atoms. The number of rotatable bonds is 7. The largest absolute Gasteiger partial charge is 0.416 e. The second-order valence-corrected chi connectivity index (χ2v) is 9.95. The SMILES string of the molecule is CN(C)CC1N=C(NC[C@@H](N)Cc2ccc(C(F)(F)F)cc2)SC1c1ccc2cnccc2c1. The predicted molar refractivity (Wildman–Crippen MR) is 133 cm³/mol. The number of alkyl halides is 3. The number of nitrogens with one attached hydrogen (secondary N) is 1. The molecule has 9 heteroatoms. The molecule has 180 valence electrons. The maximum absolute atomic E-state index is 12.8. The van der Waals surface area contributed by atoms with E-state index in [9.17, 15) is 13.2 Å². The van der Waals surface area contributed by atoms with Crippen molar-refractivity contribution in [2.45, 2.75) is 29.9 Å². The maximum Gasteiger partial charge on any atom is 0.416 e. The molecule has 0 fully saturated rings. The smallest absolute Gasteiger partial charge is 0.363 e. The summed E-state index contributed by atoms with van der Waals surface area (Å²) in [6, 6.07) is 13.5. The highest BCUT2D eigenvalue weighted by atomic mass is 32.2. The van der Waals surface area contributed by atoms with Crippen LogP contribution in [0, 0.1) is 0 Å². The van der Waals surface area contributed by atoms with Gasteiger partial charge < -0.3 is 16.0 Å². The van der Waals surface area contributed by atoms with Crippen LogP contribution >= 0.6 is 11.8 Å². The van der Waals surface area contributed by atoms with Crippen molar-refractivity contribution >= 4 is 27.7 Å². The molecule has 0 saturated carbocycles. The summed E-state index contributed by atoms with van der Waals surface area (Å²) in [4.78, 5) is 11.2. The minimum Gasteiger partial charge on any atom is -0.363 e. The van der Waals surface area contributed by atoms with Crippen molar-refractivity contribution in [3.05, 3.63) is 77.6 Å². The average Bonchev–Trinajstić information content (AvgIpc) is 3.19. The minimum absolute atomic E-state index is 0.0907. The van der Waals surface area contributed by atoms with Crippen molar-refractivity contribution in [2.75, 3.05) is 27.2 Å². The number of halogens is 3. The van der Waals surface area contributed by atoms with Gasteiger partial charge in [-0.3, -0.25) is 9.98 Å². The molecule has 4 rings (SSSR count). The fourth-order valence-electron chi connectivity index (χ4n) is 4.04. The van der Waals surface area contributed by atoms with E-state index in [0.717, 1.165) is 40.2 Å². The highest BCUT2D eigenvalue weighted by Crippen LogP contribution is 2.40. The zero-order chi connectivity index (χ0) is 24.3. The maximum atomic E-state index is 12.8. The number of hydrogen-bond acceptors (Lipinski definition) is 6. The lowest BCUT2D eigenvalue weighted by atomic mass is 10.0. The van der Waals surface area contributed by atoms with Gasteiger partial charge in [-0.15, -0.1) is 0 Å². The van der Waals surface area contributed by atoms with Gasteiger partial charge in [0.2, 0.25) is 0 Å². The van der Waals surface area contributed by atoms with Gasteiger partial charge in [-0.2, -0.15) is 13.2 Å². The molecule has 0 bridgehead atoms. The Morgan fingerprint density at radius 3 is 2.56 bits per heavy atom. The van der Waals surface area contributed by atoms with E-state index >= 15 is 0 Å². The second-order valence-electron chi connectivity index (χ2n) is 8.82. The van der Waals surface area contributed by atoms with Gasteiger partial charge in [0.1, 0.15) is 0 Å². The zero-order valence-corrected chi connectivity index (χ0v) is 19.9. The molecule has 0 radical (unpaired) electrons. The van der Waals surface area contributed by atoms with E-state index in [1.165, 1.54) is 17.7 Å². The van der Waals surface area contributed by atoms with Crippen LogP contribution in [-0.4, -0.2) is 54.3 Å². The Morgan fingerprint density at radius 1 is 1.09 bits per heavy atom. The quantitative estimate of drug-likeness (QED) is 0.514. The number of nitrogens with zero attached hydrogens (tertiary/aromatic N) is 3. The molecule has 0 saturated heterocycles. The summed E-state index contributed by atoms with van der Waals surface area (Å²) in [6.07, 6.45) is -0.194. The molecular weight excluding hydrogens is 459 g/mol. The van der Waals surface area contributed by atoms with E-state index in [4.69, 9.17) is 10.7 Å². The fourth-order valence-corrected chi connectivity index (χ4v) is 5.23. The Kier molecular flexibility index (Phi) is 7.45. The van der Waals surface area contributed by atoms with Crippen LogP contribution < -0.4 is 11.1 Å². The summed E-state index contributed by atoms with van der Waals surface area (Å²) < 4.78 is 38.3. The Balaban J connectivity index is 1.39. The zero-order valence-electron chi connectivity index (χ0n) is 19.1. The second kappa shape index (κ2) is 10.3. The molecule has 0 aliphatic carbocycles. The van der Waals surface area contributed by atoms with Gasteiger partial charge in [0.05, 0.1) is 16.9 Å². The lowest BCUT2D eigenvalue weighted by molar-refractivity contribution is -0.137. The van der Waals surface area contributed by atoms with Gasteiger partial charge in [-0.25, -0.2) is 0 Å². The molecular formula is C25H28F3N5S. The first-order chi connectivity index (χ1) is 16.2. The first kappa shape index (κ1) is 24.5. The standard InChI is InChI=1S/C25H28F3N5S/c1-33(2)15-22-23(18-5-6-19-13-30-10-9-17(19)12-18)34-24(32-22)31-14-21(29)11-16-3-7-20(8-4-16)25(26,27)28/h3-10,12-13,21-23H,11,14-15,29H2,1-2H3,(H,31,32)/t21-,22?,23?/m0/s1. The molecule has 5 nitrogen and oxygen atoms in total. The Labute approximate surface area is 201 Å². The van der Waals surface area contributed by atoms with Crippen LogP contribution in [-0.2, 0) is 12.6 Å². The van der Waals surface area contributed by atoms with Crippen LogP contribution in [0.25, 0.3) is 10.8 Å². The number of nitrogens with two attached hydrogens (primary N) is 1. The molecule has 2 aromatic carbocycles. The number of benzene rings is 2. The Hall–Kier alpha value is -2.62. The number of aromatic nitrogens is 1. The summed E-state index contributed by atoms with van der Waals surface area (Å²) in [5, 5.41) is 6.63. The van der Waals surface area contributed by atoms with Crippen LogP contribution in [0.5, 0.6) is 0 Å². The molecule has 3 N–H and O–H groups in total. The first-order valence-electron chi connectivity index (χ1n) is 11.1. The third-order valence-corrected chi connectivity index (χ3v) is 7.02. The number of aliphatic imine (C=N–C) groups is 1. The van der Waals surface area contributed by atoms with Crippen molar-refractivity contribution in [3.63, 3.8) is 0 Å². The lowest BCUT2D eigenvalue weighted by Gasteiger charge is -2.21. The van der Waals surface area contributed by atoms with Crippen molar-refractivity contribution in [3.8, 4) is 0 Å². The molecule has 1 aliphatic rings. The molecule has 1 aliphatic heterocycles. The van der Waals surface area contributed by atoms with Gasteiger partial charge in [0.25, 0.3) is 0 Å². The van der Waals surface area contributed by atoms with Crippen LogP contribution in [0.2, 0.25) is 0 Å². The molecule has 2 heterocycles. The fraction of sp³-hybridized carbons (Fsp3) is 0.360. The molecule has 3 aromatic rings. The summed E-state index contributed by atoms with van der Waals surface area (Å²) in [7, 11) is 4.07. The number of pyridine rings is 1. The summed E-state index contributed by atoms with van der Waals surface area (Å²) in [6.45, 7) is 1.30. The highest BCUT2D eigenvalue weighted by molar-refractivity contribution is 8.14. The Bertz CT molecular complexity index is 1150. The van der Waals surface area contributed by atoms with Crippen molar-refractivity contribution < 1.29 is 13.2 Å². The van der Waals surface area contributed by atoms with Gasteiger partial charge in [-0.1, -0.05) is 36.0 Å². The summed E-state index contributed by atoms with van der Waals surface area (Å²) in [5.74, 6) is 0. The van der Waals surface area contributed by atoms with E-state index in [1.807, 2.05) is 26.4 Å². The van der Waals surface area contributed by atoms with Crippen LogP contribution in [0.1, 0.15) is 21.9 Å². The van der Waals surface area contributed by atoms with E-state index in [-0.39, 0.29) is 17.3 Å². The Morgan fingerprint density at radius 2 is 1.85 bits per heavy atom. The minimum atomic E-state index is -4.33. The molecule has 0 amide bonds. The monoisotopic (exact) mass is 487 g/mol. The van der Waals surface area contributed by atoms with Gasteiger partial charge in [0, 0.05) is 36.9 Å². The van der Waals surface area contributed by atoms with E-state index in [0.29, 0.717) is 13.0 Å². The topological polar surface area (TPSA) is 66.5 Å². The third kappa shape index (κ3) is 6.08. The van der Waals surface area contributed by atoms with E-state index < -0.39 is 11.7 Å². The van der Waals surface area contributed by atoms with Gasteiger partial charge >= 0.3 is 6.18 Å². The number of thioether (sulfide) groups is 1. The summed E-state index contributed by atoms with van der Waals surface area (Å²) >= 11 is 1.69. The van der Waals surface area contributed by atoms with E-state index in [2.05, 4.69) is 33.4 Å². The molecule has 1 aromatic heterocycles. The highest BCUT2D eigenvalue weighted by Gasteiger charge is 2.32. The lowest BCUT2D eigenvalue weighted by Crippen LogP contribution is -2.37. The molecule has 2 unspecified atom stereocenters. The van der Waals surface area contributed by atoms with Crippen LogP contribution in [0.3, 0.4) is 0 Å². The van der Waals surface area contributed by atoms with Gasteiger partial charge in [-0.05, 0) is 61.3 Å². The number of likely N-dealkylation sites (N-methyl/N-ethyl adjacent to an activating group) is 1. The normalized spacial score (nSPS) is 19.4. The predicted octanol–water partition coefficient (Wildman–Crippen LogP) is 4.49. The molecule has 0 spiro atoms. The van der Waals surface area contributed by atoms with Crippen LogP contribution in [0.4, 0.5) is 13.2 Å². The summed E-state index contributed by atoms with van der Waals surface area (Å²) in [5.41, 5.74) is 7.61. The van der Waals surface area contributed by atoms with Gasteiger partial charge in [0.15, 0.2) is 5.17 Å². The van der Waals surface area contributed by atoms with Crippen molar-refractivity contribution in [1.82, 2.24) is 15.2 Å². The first-order valence-corrected chi connectivity index (χ1v) is 12.0. The van der Waals surface area contributed by atoms with Crippen molar-refractivity contribution in [2.24, 2.45) is 10.7 Å². The third-order valence-electron chi connectivity index (χ3n) is 5.71. The number of hydrogen-bond donors (Lipinski definition) is 2. The van der Waals surface area contributed by atoms with Crippen molar-refractivity contribution in [1.29, 1.82) is 0 Å². The molecule has 3 atom stereocenters.